The van der Waals surface area contributed by atoms with E-state index >= 15 is 0 Å². The average molecular weight is 450 g/mol. The largest absolute Gasteiger partial charge is 0.461 e. The van der Waals surface area contributed by atoms with Gasteiger partial charge in [0.1, 0.15) is 19.3 Å². The van der Waals surface area contributed by atoms with Crippen LogP contribution in [0.1, 0.15) is 30.4 Å². The SMILES string of the molecule is Cl.NCCC(=O)NN[C@@H](CCC(=O)OCc1ccccc1)C(=O)OCc1ccccc1. The zero-order valence-corrected chi connectivity index (χ0v) is 17.9. The van der Waals surface area contributed by atoms with Gasteiger partial charge in [-0.05, 0) is 17.5 Å². The number of nitrogens with one attached hydrogen (secondary N) is 2. The number of hydrazine groups is 1. The lowest BCUT2D eigenvalue weighted by atomic mass is 10.1. The van der Waals surface area contributed by atoms with E-state index in [1.54, 1.807) is 0 Å². The molecule has 0 heterocycles. The van der Waals surface area contributed by atoms with Gasteiger partial charge in [0.2, 0.25) is 5.91 Å². The van der Waals surface area contributed by atoms with Crippen LogP contribution in [0.25, 0.3) is 0 Å². The lowest BCUT2D eigenvalue weighted by molar-refractivity contribution is -0.149. The molecule has 31 heavy (non-hydrogen) atoms. The fraction of sp³-hybridized carbons (Fsp3) is 0.318. The molecule has 168 valence electrons. The molecule has 4 N–H and O–H groups in total. The molecular formula is C22H28ClN3O5. The predicted octanol–water partition coefficient (Wildman–Crippen LogP) is 2.01. The van der Waals surface area contributed by atoms with E-state index in [0.717, 1.165) is 11.1 Å². The van der Waals surface area contributed by atoms with Crippen molar-refractivity contribution in [1.29, 1.82) is 0 Å². The van der Waals surface area contributed by atoms with Gasteiger partial charge in [-0.2, -0.15) is 0 Å². The molecule has 0 radical (unpaired) electrons. The van der Waals surface area contributed by atoms with Crippen LogP contribution in [-0.2, 0) is 37.1 Å². The van der Waals surface area contributed by atoms with Crippen LogP contribution in [0.2, 0.25) is 0 Å². The van der Waals surface area contributed by atoms with Crippen molar-refractivity contribution in [1.82, 2.24) is 10.9 Å². The molecule has 0 unspecified atom stereocenters. The van der Waals surface area contributed by atoms with Gasteiger partial charge in [0.15, 0.2) is 0 Å². The van der Waals surface area contributed by atoms with Gasteiger partial charge >= 0.3 is 11.9 Å². The maximum absolute atomic E-state index is 12.5. The molecule has 0 aliphatic carbocycles. The monoisotopic (exact) mass is 449 g/mol. The molecule has 0 fully saturated rings. The van der Waals surface area contributed by atoms with Gasteiger partial charge in [-0.15, -0.1) is 12.4 Å². The summed E-state index contributed by atoms with van der Waals surface area (Å²) in [6, 6.07) is 17.6. The molecule has 2 rings (SSSR count). The standard InChI is InChI=1S/C22H27N3O5.ClH/c23-14-13-20(26)25-24-19(22(28)30-16-18-9-5-2-6-10-18)11-12-21(27)29-15-17-7-3-1-4-8-17;/h1-10,19,24H,11-16,23H2,(H,25,26);1H/t19-;/m0./s1. The first-order valence-electron chi connectivity index (χ1n) is 9.73. The average Bonchev–Trinajstić information content (AvgIpc) is 2.77. The van der Waals surface area contributed by atoms with Crippen LogP contribution >= 0.6 is 12.4 Å². The van der Waals surface area contributed by atoms with Crippen LogP contribution in [0, 0.1) is 0 Å². The van der Waals surface area contributed by atoms with Gasteiger partial charge in [-0.1, -0.05) is 60.7 Å². The maximum Gasteiger partial charge on any atom is 0.325 e. The first-order chi connectivity index (χ1) is 14.6. The Hall–Kier alpha value is -2.94. The van der Waals surface area contributed by atoms with E-state index in [1.807, 2.05) is 60.7 Å². The number of hydrogen-bond acceptors (Lipinski definition) is 7. The number of ether oxygens (including phenoxy) is 2. The van der Waals surface area contributed by atoms with Crippen molar-refractivity contribution in [3.8, 4) is 0 Å². The van der Waals surface area contributed by atoms with Crippen LogP contribution in [0.5, 0.6) is 0 Å². The van der Waals surface area contributed by atoms with E-state index < -0.39 is 18.0 Å². The van der Waals surface area contributed by atoms with Crippen LogP contribution in [0.15, 0.2) is 60.7 Å². The highest BCUT2D eigenvalue weighted by Gasteiger charge is 2.22. The minimum atomic E-state index is -0.903. The molecule has 0 aromatic heterocycles. The van der Waals surface area contributed by atoms with E-state index in [4.69, 9.17) is 15.2 Å². The minimum absolute atomic E-state index is 0. The molecular weight excluding hydrogens is 422 g/mol. The Morgan fingerprint density at radius 2 is 1.39 bits per heavy atom. The molecule has 1 atom stereocenters. The van der Waals surface area contributed by atoms with Crippen LogP contribution in [-0.4, -0.2) is 30.4 Å². The Bertz CT molecular complexity index is 805. The van der Waals surface area contributed by atoms with Crippen LogP contribution < -0.4 is 16.6 Å². The summed E-state index contributed by atoms with van der Waals surface area (Å²) in [6.07, 6.45) is 0.194. The summed E-state index contributed by atoms with van der Waals surface area (Å²) in [4.78, 5) is 36.2. The number of rotatable bonds is 12. The number of carbonyl (C=O) groups is 3. The van der Waals surface area contributed by atoms with Crippen molar-refractivity contribution >= 4 is 30.3 Å². The Morgan fingerprint density at radius 1 is 0.839 bits per heavy atom. The number of hydrogen-bond donors (Lipinski definition) is 3. The van der Waals surface area contributed by atoms with Crippen molar-refractivity contribution in [2.24, 2.45) is 5.73 Å². The second kappa shape index (κ2) is 15.0. The Labute approximate surface area is 187 Å². The number of halogens is 1. The maximum atomic E-state index is 12.5. The lowest BCUT2D eigenvalue weighted by Crippen LogP contribution is -2.49. The fourth-order valence-corrected chi connectivity index (χ4v) is 2.51. The highest BCUT2D eigenvalue weighted by Crippen LogP contribution is 2.07. The molecule has 2 aromatic rings. The third-order valence-electron chi connectivity index (χ3n) is 4.15. The summed E-state index contributed by atoms with van der Waals surface area (Å²) in [5.41, 5.74) is 12.1. The quantitative estimate of drug-likeness (QED) is 0.335. The molecule has 0 bridgehead atoms. The Kier molecular flexibility index (Phi) is 12.6. The zero-order chi connectivity index (χ0) is 21.6. The van der Waals surface area contributed by atoms with Crippen molar-refractivity contribution in [2.45, 2.75) is 38.5 Å². The highest BCUT2D eigenvalue weighted by atomic mass is 35.5. The number of benzene rings is 2. The van der Waals surface area contributed by atoms with Gasteiger partial charge in [-0.25, -0.2) is 5.43 Å². The molecule has 2 aromatic carbocycles. The van der Waals surface area contributed by atoms with E-state index in [2.05, 4.69) is 10.9 Å². The van der Waals surface area contributed by atoms with Crippen molar-refractivity contribution < 1.29 is 23.9 Å². The molecule has 9 heteroatoms. The first kappa shape index (κ1) is 26.1. The van der Waals surface area contributed by atoms with E-state index in [9.17, 15) is 14.4 Å². The summed E-state index contributed by atoms with van der Waals surface area (Å²) >= 11 is 0. The molecule has 1 amide bonds. The highest BCUT2D eigenvalue weighted by molar-refractivity contribution is 5.85. The molecule has 0 aliphatic rings. The first-order valence-corrected chi connectivity index (χ1v) is 9.73. The smallest absolute Gasteiger partial charge is 0.325 e. The summed E-state index contributed by atoms with van der Waals surface area (Å²) in [6.45, 7) is 0.430. The second-order valence-corrected chi connectivity index (χ2v) is 6.56. The predicted molar refractivity (Wildman–Crippen MR) is 118 cm³/mol. The van der Waals surface area contributed by atoms with E-state index in [1.165, 1.54) is 0 Å². The van der Waals surface area contributed by atoms with Gasteiger partial charge in [-0.3, -0.25) is 19.8 Å². The van der Waals surface area contributed by atoms with Crippen LogP contribution in [0.3, 0.4) is 0 Å². The fourth-order valence-electron chi connectivity index (χ4n) is 2.51. The van der Waals surface area contributed by atoms with E-state index in [-0.39, 0.29) is 57.3 Å². The second-order valence-electron chi connectivity index (χ2n) is 6.56. The van der Waals surface area contributed by atoms with Gasteiger partial charge in [0.05, 0.1) is 0 Å². The van der Waals surface area contributed by atoms with Crippen LogP contribution in [0.4, 0.5) is 0 Å². The molecule has 0 spiro atoms. The third-order valence-corrected chi connectivity index (χ3v) is 4.15. The van der Waals surface area contributed by atoms with Gasteiger partial charge < -0.3 is 15.2 Å². The lowest BCUT2D eigenvalue weighted by Gasteiger charge is -2.18. The third kappa shape index (κ3) is 10.6. The molecule has 0 saturated heterocycles. The number of esters is 2. The van der Waals surface area contributed by atoms with Crippen molar-refractivity contribution in [2.75, 3.05) is 6.54 Å². The minimum Gasteiger partial charge on any atom is -0.461 e. The summed E-state index contributed by atoms with van der Waals surface area (Å²) in [5.74, 6) is -1.39. The van der Waals surface area contributed by atoms with Gasteiger partial charge in [0, 0.05) is 19.4 Å². The van der Waals surface area contributed by atoms with E-state index in [0.29, 0.717) is 0 Å². The van der Waals surface area contributed by atoms with Gasteiger partial charge in [0.25, 0.3) is 0 Å². The zero-order valence-electron chi connectivity index (χ0n) is 17.1. The Morgan fingerprint density at radius 3 is 1.94 bits per heavy atom. The van der Waals surface area contributed by atoms with Crippen molar-refractivity contribution in [3.05, 3.63) is 71.8 Å². The normalized spacial score (nSPS) is 11.0. The number of carbonyl (C=O) groups excluding carboxylic acids is 3. The summed E-state index contributed by atoms with van der Waals surface area (Å²) < 4.78 is 10.5. The summed E-state index contributed by atoms with van der Waals surface area (Å²) in [5, 5.41) is 0. The molecule has 0 aliphatic heterocycles. The topological polar surface area (TPSA) is 120 Å². The molecule has 8 nitrogen and oxygen atoms in total. The molecule has 0 saturated carbocycles. The van der Waals surface area contributed by atoms with Crippen molar-refractivity contribution in [3.63, 3.8) is 0 Å². The number of amides is 1. The summed E-state index contributed by atoms with van der Waals surface area (Å²) in [7, 11) is 0. The number of nitrogens with two attached hydrogens (primary N) is 1. The Balaban J connectivity index is 0.00000480.